The first-order valence-electron chi connectivity index (χ1n) is 8.57. The molecule has 142 valence electrons. The van der Waals surface area contributed by atoms with E-state index in [-0.39, 0.29) is 18.9 Å². The van der Waals surface area contributed by atoms with E-state index in [4.69, 9.17) is 0 Å². The van der Waals surface area contributed by atoms with Crippen LogP contribution in [0.25, 0.3) is 0 Å². The highest BCUT2D eigenvalue weighted by Crippen LogP contribution is 2.43. The van der Waals surface area contributed by atoms with Crippen LogP contribution in [0.5, 0.6) is 0 Å². The van der Waals surface area contributed by atoms with Crippen LogP contribution < -0.4 is 5.32 Å². The molecular weight excluding hydrogens is 349 g/mol. The van der Waals surface area contributed by atoms with E-state index in [0.717, 1.165) is 18.6 Å². The molecule has 2 amide bonds. The number of β-amino-alcohol motifs (C(OH)–C–C–N with tert-alkyl or cyclic N) is 1. The maximum Gasteiger partial charge on any atom is 0.416 e. The molecular formula is C18H21F3N2O3. The van der Waals surface area contributed by atoms with Crippen molar-refractivity contribution in [3.05, 3.63) is 35.4 Å². The molecule has 0 unspecified atom stereocenters. The number of amides is 2. The van der Waals surface area contributed by atoms with Crippen LogP contribution in [0.3, 0.4) is 0 Å². The fourth-order valence-electron chi connectivity index (χ4n) is 3.74. The highest BCUT2D eigenvalue weighted by Gasteiger charge is 2.45. The van der Waals surface area contributed by atoms with Gasteiger partial charge in [-0.1, -0.05) is 12.1 Å². The van der Waals surface area contributed by atoms with Crippen molar-refractivity contribution in [1.82, 2.24) is 10.2 Å². The van der Waals surface area contributed by atoms with Crippen LogP contribution in [-0.4, -0.2) is 40.5 Å². The zero-order chi connectivity index (χ0) is 19.1. The standard InChI is InChI=1S/C18H21F3N2O3/c1-11(24)23-10-14(25)9-15(23)16(26)22-17(6-3-7-17)12-4-2-5-13(8-12)18(19,20)21/h2,4-5,8,14-15,25H,3,6-7,9-10H2,1H3,(H,22,26)/t14-,15-/m1/s1. The second kappa shape index (κ2) is 6.57. The molecule has 8 heteroatoms. The monoisotopic (exact) mass is 370 g/mol. The zero-order valence-electron chi connectivity index (χ0n) is 14.3. The summed E-state index contributed by atoms with van der Waals surface area (Å²) in [4.78, 5) is 25.7. The number of rotatable bonds is 3. The van der Waals surface area contributed by atoms with Gasteiger partial charge in [0.05, 0.1) is 17.2 Å². The van der Waals surface area contributed by atoms with Gasteiger partial charge in [-0.15, -0.1) is 0 Å². The maximum absolute atomic E-state index is 13.0. The van der Waals surface area contributed by atoms with Gasteiger partial charge in [0.1, 0.15) is 6.04 Å². The van der Waals surface area contributed by atoms with Crippen molar-refractivity contribution in [3.8, 4) is 0 Å². The third-order valence-electron chi connectivity index (χ3n) is 5.30. The van der Waals surface area contributed by atoms with Gasteiger partial charge >= 0.3 is 6.18 Å². The average Bonchev–Trinajstić information content (AvgIpc) is 2.92. The molecule has 0 bridgehead atoms. The van der Waals surface area contributed by atoms with Crippen molar-refractivity contribution in [3.63, 3.8) is 0 Å². The first-order valence-corrected chi connectivity index (χ1v) is 8.57. The SMILES string of the molecule is CC(=O)N1C[C@H](O)C[C@@H]1C(=O)NC1(c2cccc(C(F)(F)F)c2)CCC1. The van der Waals surface area contributed by atoms with Gasteiger partial charge in [0.25, 0.3) is 0 Å². The number of carbonyl (C=O) groups excluding carboxylic acids is 2. The van der Waals surface area contributed by atoms with E-state index in [1.54, 1.807) is 6.07 Å². The fraction of sp³-hybridized carbons (Fsp3) is 0.556. The van der Waals surface area contributed by atoms with Crippen molar-refractivity contribution >= 4 is 11.8 Å². The summed E-state index contributed by atoms with van der Waals surface area (Å²) in [5.74, 6) is -0.753. The minimum atomic E-state index is -4.45. The van der Waals surface area contributed by atoms with Gasteiger partial charge in [-0.3, -0.25) is 9.59 Å². The zero-order valence-corrected chi connectivity index (χ0v) is 14.3. The highest BCUT2D eigenvalue weighted by molar-refractivity contribution is 5.88. The number of likely N-dealkylation sites (tertiary alicyclic amines) is 1. The maximum atomic E-state index is 13.0. The summed E-state index contributed by atoms with van der Waals surface area (Å²) in [5.41, 5.74) is -1.19. The summed E-state index contributed by atoms with van der Waals surface area (Å²) < 4.78 is 39.0. The first kappa shape index (κ1) is 18.7. The molecule has 0 radical (unpaired) electrons. The number of benzene rings is 1. The molecule has 2 aliphatic rings. The van der Waals surface area contributed by atoms with Crippen LogP contribution in [0.15, 0.2) is 24.3 Å². The normalized spacial score (nSPS) is 24.9. The lowest BCUT2D eigenvalue weighted by Crippen LogP contribution is -2.56. The summed E-state index contributed by atoms with van der Waals surface area (Å²) in [5, 5.41) is 12.6. The summed E-state index contributed by atoms with van der Waals surface area (Å²) in [6.45, 7) is 1.41. The van der Waals surface area contributed by atoms with Crippen molar-refractivity contribution in [2.45, 2.75) is 56.5 Å². The lowest BCUT2D eigenvalue weighted by molar-refractivity contribution is -0.138. The second-order valence-electron chi connectivity index (χ2n) is 7.08. The molecule has 1 aromatic rings. The molecule has 1 saturated heterocycles. The summed E-state index contributed by atoms with van der Waals surface area (Å²) in [6.07, 6.45) is -3.23. The third kappa shape index (κ3) is 3.42. The van der Waals surface area contributed by atoms with Crippen molar-refractivity contribution in [2.75, 3.05) is 6.54 Å². The van der Waals surface area contributed by atoms with Gasteiger partial charge in [0, 0.05) is 19.9 Å². The number of hydrogen-bond donors (Lipinski definition) is 2. The van der Waals surface area contributed by atoms with Gasteiger partial charge in [-0.2, -0.15) is 13.2 Å². The number of halogens is 3. The molecule has 1 aliphatic heterocycles. The fourth-order valence-corrected chi connectivity index (χ4v) is 3.74. The Morgan fingerprint density at radius 3 is 2.54 bits per heavy atom. The van der Waals surface area contributed by atoms with Crippen LogP contribution in [0.2, 0.25) is 0 Å². The van der Waals surface area contributed by atoms with E-state index in [1.165, 1.54) is 17.9 Å². The van der Waals surface area contributed by atoms with E-state index in [9.17, 15) is 27.9 Å². The second-order valence-corrected chi connectivity index (χ2v) is 7.08. The van der Waals surface area contributed by atoms with Crippen LogP contribution in [0.4, 0.5) is 13.2 Å². The summed E-state index contributed by atoms with van der Waals surface area (Å²) in [6, 6.07) is 4.20. The molecule has 1 heterocycles. The topological polar surface area (TPSA) is 69.6 Å². The largest absolute Gasteiger partial charge is 0.416 e. The van der Waals surface area contributed by atoms with E-state index < -0.39 is 35.3 Å². The molecule has 1 aromatic carbocycles. The number of aliphatic hydroxyl groups is 1. The molecule has 2 fully saturated rings. The molecule has 0 aromatic heterocycles. The van der Waals surface area contributed by atoms with Crippen molar-refractivity contribution in [2.24, 2.45) is 0 Å². The predicted octanol–water partition coefficient (Wildman–Crippen LogP) is 2.18. The summed E-state index contributed by atoms with van der Waals surface area (Å²) in [7, 11) is 0. The Morgan fingerprint density at radius 1 is 1.31 bits per heavy atom. The van der Waals surface area contributed by atoms with Gasteiger partial charge in [-0.25, -0.2) is 0 Å². The molecule has 2 N–H and O–H groups in total. The molecule has 2 atom stereocenters. The van der Waals surface area contributed by atoms with Crippen molar-refractivity contribution < 1.29 is 27.9 Å². The molecule has 1 aliphatic carbocycles. The Morgan fingerprint density at radius 2 is 2.00 bits per heavy atom. The third-order valence-corrected chi connectivity index (χ3v) is 5.30. The van der Waals surface area contributed by atoms with Gasteiger partial charge < -0.3 is 15.3 Å². The van der Waals surface area contributed by atoms with E-state index in [2.05, 4.69) is 5.32 Å². The molecule has 0 spiro atoms. The van der Waals surface area contributed by atoms with Crippen LogP contribution >= 0.6 is 0 Å². The minimum absolute atomic E-state index is 0.0873. The van der Waals surface area contributed by atoms with Gasteiger partial charge in [0.15, 0.2) is 0 Å². The Hall–Kier alpha value is -2.09. The minimum Gasteiger partial charge on any atom is -0.391 e. The number of hydrogen-bond acceptors (Lipinski definition) is 3. The summed E-state index contributed by atoms with van der Waals surface area (Å²) >= 11 is 0. The van der Waals surface area contributed by atoms with Gasteiger partial charge in [0.2, 0.25) is 11.8 Å². The van der Waals surface area contributed by atoms with Crippen molar-refractivity contribution in [1.29, 1.82) is 0 Å². The molecule has 5 nitrogen and oxygen atoms in total. The lowest BCUT2D eigenvalue weighted by atomic mass is 9.71. The Labute approximate surface area is 149 Å². The average molecular weight is 370 g/mol. The number of carbonyl (C=O) groups is 2. The Kier molecular flexibility index (Phi) is 4.72. The van der Waals surface area contributed by atoms with Crippen LogP contribution in [0.1, 0.15) is 43.7 Å². The lowest BCUT2D eigenvalue weighted by Gasteiger charge is -2.44. The van der Waals surface area contributed by atoms with E-state index in [0.29, 0.717) is 18.4 Å². The molecule has 3 rings (SSSR count). The van der Waals surface area contributed by atoms with Gasteiger partial charge in [-0.05, 0) is 37.0 Å². The Bertz CT molecular complexity index is 716. The first-order chi connectivity index (χ1) is 12.1. The van der Waals surface area contributed by atoms with Crippen LogP contribution in [0, 0.1) is 0 Å². The predicted molar refractivity (Wildman–Crippen MR) is 86.9 cm³/mol. The number of alkyl halides is 3. The highest BCUT2D eigenvalue weighted by atomic mass is 19.4. The smallest absolute Gasteiger partial charge is 0.391 e. The number of aliphatic hydroxyl groups excluding tert-OH is 1. The Balaban J connectivity index is 1.83. The number of nitrogens with zero attached hydrogens (tertiary/aromatic N) is 1. The molecule has 26 heavy (non-hydrogen) atoms. The quantitative estimate of drug-likeness (QED) is 0.857. The van der Waals surface area contributed by atoms with E-state index in [1.807, 2.05) is 0 Å². The number of nitrogens with one attached hydrogen (secondary N) is 1. The van der Waals surface area contributed by atoms with Crippen LogP contribution in [-0.2, 0) is 21.3 Å². The molecule has 1 saturated carbocycles. The van der Waals surface area contributed by atoms with E-state index >= 15 is 0 Å².